The van der Waals surface area contributed by atoms with Gasteiger partial charge in [0.05, 0.1) is 4.92 Å². The largest absolute Gasteiger partial charge is 0.324 e. The lowest BCUT2D eigenvalue weighted by molar-refractivity contribution is -0.385. The van der Waals surface area contributed by atoms with Crippen LogP contribution in [0.3, 0.4) is 0 Å². The molecule has 0 saturated heterocycles. The Morgan fingerprint density at radius 3 is 2.62 bits per heavy atom. The molecular formula is C8H9ClN2O2. The molecule has 4 nitrogen and oxygen atoms in total. The summed E-state index contributed by atoms with van der Waals surface area (Å²) < 4.78 is 0. The lowest BCUT2D eigenvalue weighted by Gasteiger charge is -2.06. The van der Waals surface area contributed by atoms with Crippen molar-refractivity contribution >= 4 is 17.3 Å². The lowest BCUT2D eigenvalue weighted by Crippen LogP contribution is -2.08. The highest BCUT2D eigenvalue weighted by molar-refractivity contribution is 6.32. The Morgan fingerprint density at radius 1 is 1.62 bits per heavy atom. The quantitative estimate of drug-likeness (QED) is 0.588. The fraction of sp³-hybridized carbons (Fsp3) is 0.250. The topological polar surface area (TPSA) is 69.2 Å². The van der Waals surface area contributed by atoms with Gasteiger partial charge < -0.3 is 5.73 Å². The van der Waals surface area contributed by atoms with Gasteiger partial charge in [0.1, 0.15) is 5.02 Å². The van der Waals surface area contributed by atoms with E-state index in [4.69, 9.17) is 17.3 Å². The van der Waals surface area contributed by atoms with Gasteiger partial charge in [0.15, 0.2) is 0 Å². The third-order valence-electron chi connectivity index (χ3n) is 1.69. The highest BCUT2D eigenvalue weighted by atomic mass is 35.5. The lowest BCUT2D eigenvalue weighted by atomic mass is 10.1. The predicted octanol–water partition coefficient (Wildman–Crippen LogP) is 2.27. The van der Waals surface area contributed by atoms with Crippen molar-refractivity contribution in [3.8, 4) is 0 Å². The maximum Gasteiger partial charge on any atom is 0.292 e. The molecule has 0 radical (unpaired) electrons. The molecule has 0 aliphatic rings. The number of nitrogens with two attached hydrogens (primary N) is 1. The number of benzene rings is 1. The zero-order chi connectivity index (χ0) is 10.0. The Hall–Kier alpha value is -1.13. The molecule has 0 bridgehead atoms. The van der Waals surface area contributed by atoms with Gasteiger partial charge in [0.2, 0.25) is 0 Å². The number of nitrogens with zero attached hydrogens (tertiary/aromatic N) is 1. The summed E-state index contributed by atoms with van der Waals surface area (Å²) in [6, 6.07) is 4.34. The molecule has 13 heavy (non-hydrogen) atoms. The molecule has 0 amide bonds. The second kappa shape index (κ2) is 3.72. The minimum absolute atomic E-state index is 0.0980. The zero-order valence-electron chi connectivity index (χ0n) is 7.03. The molecular weight excluding hydrogens is 192 g/mol. The van der Waals surface area contributed by atoms with Crippen molar-refractivity contribution in [2.24, 2.45) is 5.73 Å². The van der Waals surface area contributed by atoms with Crippen LogP contribution in [0.25, 0.3) is 0 Å². The second-order valence-corrected chi connectivity index (χ2v) is 3.13. The first-order valence-corrected chi connectivity index (χ1v) is 4.10. The summed E-state index contributed by atoms with van der Waals surface area (Å²) in [5.41, 5.74) is 5.92. The number of hydrogen-bond acceptors (Lipinski definition) is 3. The minimum atomic E-state index is -0.513. The molecule has 0 fully saturated rings. The molecule has 2 N–H and O–H groups in total. The van der Waals surface area contributed by atoms with Crippen LogP contribution in [0.5, 0.6) is 0 Å². The average molecular weight is 201 g/mol. The third kappa shape index (κ3) is 1.96. The van der Waals surface area contributed by atoms with E-state index in [0.717, 1.165) is 0 Å². The number of para-hydroxylation sites is 1. The van der Waals surface area contributed by atoms with Gasteiger partial charge in [0, 0.05) is 11.6 Å². The molecule has 1 atom stereocenters. The first-order chi connectivity index (χ1) is 6.04. The number of nitro groups is 1. The van der Waals surface area contributed by atoms with Gasteiger partial charge in [-0.3, -0.25) is 10.1 Å². The van der Waals surface area contributed by atoms with Crippen LogP contribution < -0.4 is 5.73 Å². The summed E-state index contributed by atoms with van der Waals surface area (Å²) in [6.07, 6.45) is 0. The van der Waals surface area contributed by atoms with E-state index in [-0.39, 0.29) is 16.8 Å². The van der Waals surface area contributed by atoms with E-state index in [9.17, 15) is 10.1 Å². The van der Waals surface area contributed by atoms with E-state index < -0.39 is 4.92 Å². The summed E-state index contributed by atoms with van der Waals surface area (Å²) in [7, 11) is 0. The van der Waals surface area contributed by atoms with E-state index in [1.165, 1.54) is 6.07 Å². The molecule has 0 aliphatic heterocycles. The Kier molecular flexibility index (Phi) is 2.85. The van der Waals surface area contributed by atoms with Crippen molar-refractivity contribution in [2.45, 2.75) is 13.0 Å². The van der Waals surface area contributed by atoms with E-state index in [1.807, 2.05) is 0 Å². The van der Waals surface area contributed by atoms with Gasteiger partial charge in [0.25, 0.3) is 5.69 Å². The van der Waals surface area contributed by atoms with Crippen molar-refractivity contribution in [3.05, 3.63) is 38.9 Å². The third-order valence-corrected chi connectivity index (χ3v) is 2.00. The van der Waals surface area contributed by atoms with Crippen LogP contribution in [0.1, 0.15) is 18.5 Å². The molecule has 0 aliphatic carbocycles. The highest BCUT2D eigenvalue weighted by Gasteiger charge is 2.19. The molecule has 70 valence electrons. The first kappa shape index (κ1) is 9.95. The molecule has 1 rings (SSSR count). The predicted molar refractivity (Wildman–Crippen MR) is 50.7 cm³/mol. The van der Waals surface area contributed by atoms with E-state index in [0.29, 0.717) is 5.56 Å². The number of halogens is 1. The summed E-state index contributed by atoms with van der Waals surface area (Å²) in [5.74, 6) is 0. The van der Waals surface area contributed by atoms with Crippen LogP contribution in [0.15, 0.2) is 18.2 Å². The molecule has 0 spiro atoms. The number of hydrogen-bond donors (Lipinski definition) is 1. The summed E-state index contributed by atoms with van der Waals surface area (Å²) in [4.78, 5) is 10.1. The maximum atomic E-state index is 10.6. The molecule has 0 unspecified atom stereocenters. The SMILES string of the molecule is C[C@H](N)c1cccc(Cl)c1[N+](=O)[O-]. The summed E-state index contributed by atoms with van der Waals surface area (Å²) in [5, 5.41) is 10.7. The average Bonchev–Trinajstić information content (AvgIpc) is 2.02. The van der Waals surface area contributed by atoms with Crippen LogP contribution in [0.4, 0.5) is 5.69 Å². The van der Waals surface area contributed by atoms with Crippen molar-refractivity contribution < 1.29 is 4.92 Å². The van der Waals surface area contributed by atoms with Gasteiger partial charge >= 0.3 is 0 Å². The molecule has 0 aromatic heterocycles. The van der Waals surface area contributed by atoms with Gasteiger partial charge in [-0.15, -0.1) is 0 Å². The molecule has 0 heterocycles. The van der Waals surface area contributed by atoms with Gasteiger partial charge in [-0.2, -0.15) is 0 Å². The van der Waals surface area contributed by atoms with Crippen molar-refractivity contribution in [1.82, 2.24) is 0 Å². The standard InChI is InChI=1S/C8H9ClN2O2/c1-5(10)6-3-2-4-7(9)8(6)11(12)13/h2-5H,10H2,1H3/t5-/m0/s1. The van der Waals surface area contributed by atoms with Crippen LogP contribution in [-0.4, -0.2) is 4.92 Å². The van der Waals surface area contributed by atoms with E-state index in [1.54, 1.807) is 19.1 Å². The van der Waals surface area contributed by atoms with E-state index in [2.05, 4.69) is 0 Å². The summed E-state index contributed by atoms with van der Waals surface area (Å²) in [6.45, 7) is 1.68. The molecule has 5 heteroatoms. The Morgan fingerprint density at radius 2 is 2.23 bits per heavy atom. The van der Waals surface area contributed by atoms with Crippen LogP contribution in [0.2, 0.25) is 5.02 Å². The Balaban J connectivity index is 3.34. The van der Waals surface area contributed by atoms with Crippen LogP contribution in [-0.2, 0) is 0 Å². The maximum absolute atomic E-state index is 10.6. The van der Waals surface area contributed by atoms with Crippen LogP contribution in [0, 0.1) is 10.1 Å². The van der Waals surface area contributed by atoms with Crippen molar-refractivity contribution in [3.63, 3.8) is 0 Å². The second-order valence-electron chi connectivity index (χ2n) is 2.72. The zero-order valence-corrected chi connectivity index (χ0v) is 7.78. The summed E-state index contributed by atoms with van der Waals surface area (Å²) >= 11 is 5.67. The molecule has 0 saturated carbocycles. The van der Waals surface area contributed by atoms with Crippen LogP contribution >= 0.6 is 11.6 Å². The number of nitro benzene ring substituents is 1. The smallest absolute Gasteiger partial charge is 0.292 e. The monoisotopic (exact) mass is 200 g/mol. The van der Waals surface area contributed by atoms with Crippen molar-refractivity contribution in [1.29, 1.82) is 0 Å². The van der Waals surface area contributed by atoms with Gasteiger partial charge in [-0.1, -0.05) is 23.7 Å². The minimum Gasteiger partial charge on any atom is -0.324 e. The molecule has 1 aromatic rings. The van der Waals surface area contributed by atoms with E-state index >= 15 is 0 Å². The first-order valence-electron chi connectivity index (χ1n) is 3.72. The molecule has 1 aromatic carbocycles. The van der Waals surface area contributed by atoms with Crippen molar-refractivity contribution in [2.75, 3.05) is 0 Å². The Labute approximate surface area is 80.5 Å². The van der Waals surface area contributed by atoms with Gasteiger partial charge in [-0.25, -0.2) is 0 Å². The fourth-order valence-electron chi connectivity index (χ4n) is 1.09. The fourth-order valence-corrected chi connectivity index (χ4v) is 1.34. The van der Waals surface area contributed by atoms with Gasteiger partial charge in [-0.05, 0) is 13.0 Å². The normalized spacial score (nSPS) is 12.5. The highest BCUT2D eigenvalue weighted by Crippen LogP contribution is 2.30. The Bertz CT molecular complexity index is 339. The number of rotatable bonds is 2.